The Labute approximate surface area is 139 Å². The van der Waals surface area contributed by atoms with Crippen LogP contribution in [0.5, 0.6) is 0 Å². The molecule has 1 aliphatic carbocycles. The topological polar surface area (TPSA) is 15.3 Å². The van der Waals surface area contributed by atoms with Gasteiger partial charge in [-0.15, -0.1) is 0 Å². The highest BCUT2D eigenvalue weighted by Gasteiger charge is 2.38. The fourth-order valence-electron chi connectivity index (χ4n) is 3.84. The first-order chi connectivity index (χ1) is 11.4. The van der Waals surface area contributed by atoms with Crippen molar-refractivity contribution < 1.29 is 0 Å². The summed E-state index contributed by atoms with van der Waals surface area (Å²) in [5, 5.41) is 3.81. The lowest BCUT2D eigenvalue weighted by atomic mass is 9.96. The summed E-state index contributed by atoms with van der Waals surface area (Å²) in [6.07, 6.45) is 3.93. The number of benzene rings is 2. The quantitative estimate of drug-likeness (QED) is 0.896. The Morgan fingerprint density at radius 3 is 2.22 bits per heavy atom. The molecular formula is C21H26N2. The number of piperidine rings is 1. The van der Waals surface area contributed by atoms with Gasteiger partial charge >= 0.3 is 0 Å². The van der Waals surface area contributed by atoms with E-state index < -0.39 is 0 Å². The number of hydrogen-bond donors (Lipinski definition) is 1. The number of nitrogens with zero attached hydrogens (tertiary/aromatic N) is 1. The van der Waals surface area contributed by atoms with Gasteiger partial charge in [0.2, 0.25) is 0 Å². The average Bonchev–Trinajstić information content (AvgIpc) is 3.42. The lowest BCUT2D eigenvalue weighted by Crippen LogP contribution is -2.37. The van der Waals surface area contributed by atoms with E-state index in [1.165, 1.54) is 50.1 Å². The molecule has 0 radical (unpaired) electrons. The Morgan fingerprint density at radius 2 is 1.52 bits per heavy atom. The molecule has 1 heterocycles. The van der Waals surface area contributed by atoms with Crippen molar-refractivity contribution in [1.82, 2.24) is 5.32 Å². The minimum absolute atomic E-state index is 0.713. The number of hydrogen-bond acceptors (Lipinski definition) is 2. The van der Waals surface area contributed by atoms with Crippen molar-refractivity contribution in [3.63, 3.8) is 0 Å². The first kappa shape index (κ1) is 14.8. The Bertz CT molecular complexity index is 602. The van der Waals surface area contributed by atoms with Gasteiger partial charge in [0, 0.05) is 30.7 Å². The second-order valence-electron chi connectivity index (χ2n) is 7.03. The highest BCUT2D eigenvalue weighted by Crippen LogP contribution is 2.40. The van der Waals surface area contributed by atoms with Crippen molar-refractivity contribution in [2.24, 2.45) is 5.92 Å². The second-order valence-corrected chi connectivity index (χ2v) is 7.03. The van der Waals surface area contributed by atoms with E-state index in [1.807, 2.05) is 0 Å². The maximum atomic E-state index is 3.81. The fraction of sp³-hybridized carbons (Fsp3) is 0.429. The minimum Gasteiger partial charge on any atom is -0.372 e. The number of anilines is 1. The molecule has 2 nitrogen and oxygen atoms in total. The Balaban J connectivity index is 1.21. The number of nitrogens with one attached hydrogen (secondary N) is 1. The van der Waals surface area contributed by atoms with Gasteiger partial charge in [-0.2, -0.15) is 0 Å². The van der Waals surface area contributed by atoms with Crippen LogP contribution in [0.15, 0.2) is 60.7 Å². The lowest BCUT2D eigenvalue weighted by molar-refractivity contribution is 0.381. The van der Waals surface area contributed by atoms with Gasteiger partial charge in [0.05, 0.1) is 0 Å². The average molecular weight is 306 g/mol. The summed E-state index contributed by atoms with van der Waals surface area (Å²) in [6, 6.07) is 22.5. The summed E-state index contributed by atoms with van der Waals surface area (Å²) < 4.78 is 0. The van der Waals surface area contributed by atoms with Crippen LogP contribution in [0.25, 0.3) is 0 Å². The Hall–Kier alpha value is -1.80. The van der Waals surface area contributed by atoms with Crippen LogP contribution in [0, 0.1) is 5.92 Å². The predicted octanol–water partition coefficient (Wildman–Crippen LogP) is 4.05. The van der Waals surface area contributed by atoms with Crippen molar-refractivity contribution in [3.8, 4) is 0 Å². The van der Waals surface area contributed by atoms with Gasteiger partial charge in [0.25, 0.3) is 0 Å². The van der Waals surface area contributed by atoms with Gasteiger partial charge in [-0.25, -0.2) is 0 Å². The van der Waals surface area contributed by atoms with Crippen molar-refractivity contribution in [3.05, 3.63) is 66.2 Å². The zero-order valence-corrected chi connectivity index (χ0v) is 13.7. The van der Waals surface area contributed by atoms with Crippen LogP contribution in [0.3, 0.4) is 0 Å². The van der Waals surface area contributed by atoms with Gasteiger partial charge < -0.3 is 10.2 Å². The van der Waals surface area contributed by atoms with Crippen LogP contribution in [0.4, 0.5) is 5.69 Å². The molecule has 0 aromatic heterocycles. The third kappa shape index (κ3) is 3.59. The van der Waals surface area contributed by atoms with E-state index in [0.29, 0.717) is 6.04 Å². The van der Waals surface area contributed by atoms with E-state index in [1.54, 1.807) is 0 Å². The zero-order valence-electron chi connectivity index (χ0n) is 13.7. The second kappa shape index (κ2) is 6.76. The van der Waals surface area contributed by atoms with E-state index in [-0.39, 0.29) is 0 Å². The van der Waals surface area contributed by atoms with Crippen LogP contribution >= 0.6 is 0 Å². The molecule has 0 amide bonds. The third-order valence-corrected chi connectivity index (χ3v) is 5.42. The highest BCUT2D eigenvalue weighted by molar-refractivity contribution is 5.46. The summed E-state index contributed by atoms with van der Waals surface area (Å²) in [7, 11) is 0. The van der Waals surface area contributed by atoms with E-state index in [0.717, 1.165) is 11.8 Å². The number of para-hydroxylation sites is 1. The molecule has 0 spiro atoms. The van der Waals surface area contributed by atoms with Crippen molar-refractivity contribution >= 4 is 5.69 Å². The Kier molecular flexibility index (Phi) is 4.34. The molecule has 2 aromatic rings. The van der Waals surface area contributed by atoms with Crippen LogP contribution in [0.1, 0.15) is 30.7 Å². The van der Waals surface area contributed by atoms with Gasteiger partial charge in [0.15, 0.2) is 0 Å². The molecule has 2 aliphatic rings. The largest absolute Gasteiger partial charge is 0.372 e. The maximum absolute atomic E-state index is 3.81. The van der Waals surface area contributed by atoms with E-state index in [2.05, 4.69) is 70.9 Å². The van der Waals surface area contributed by atoms with Gasteiger partial charge in [-0.3, -0.25) is 0 Å². The molecule has 120 valence electrons. The Morgan fingerprint density at radius 1 is 0.870 bits per heavy atom. The predicted molar refractivity (Wildman–Crippen MR) is 97.0 cm³/mol. The van der Waals surface area contributed by atoms with Gasteiger partial charge in [-0.05, 0) is 49.4 Å². The van der Waals surface area contributed by atoms with E-state index in [4.69, 9.17) is 0 Å². The highest BCUT2D eigenvalue weighted by atomic mass is 15.1. The molecule has 1 saturated carbocycles. The molecule has 23 heavy (non-hydrogen) atoms. The molecule has 1 N–H and O–H groups in total. The molecule has 0 unspecified atom stereocenters. The smallest absolute Gasteiger partial charge is 0.0366 e. The van der Waals surface area contributed by atoms with Crippen molar-refractivity contribution in [2.75, 3.05) is 24.5 Å². The monoisotopic (exact) mass is 306 g/mol. The number of rotatable bonds is 5. The summed E-state index contributed by atoms with van der Waals surface area (Å²) in [5.41, 5.74) is 2.88. The maximum Gasteiger partial charge on any atom is 0.0366 e. The summed E-state index contributed by atoms with van der Waals surface area (Å²) in [5.74, 6) is 1.59. The molecule has 1 saturated heterocycles. The van der Waals surface area contributed by atoms with Crippen molar-refractivity contribution in [1.29, 1.82) is 0 Å². The summed E-state index contributed by atoms with van der Waals surface area (Å²) in [4.78, 5) is 2.53. The molecule has 4 rings (SSSR count). The first-order valence-electron chi connectivity index (χ1n) is 8.98. The van der Waals surface area contributed by atoms with E-state index >= 15 is 0 Å². The molecule has 0 bridgehead atoms. The molecule has 2 fully saturated rings. The van der Waals surface area contributed by atoms with Crippen molar-refractivity contribution in [2.45, 2.75) is 31.2 Å². The van der Waals surface area contributed by atoms with E-state index in [9.17, 15) is 0 Å². The normalized spacial score (nSPS) is 24.6. The molecule has 2 aromatic carbocycles. The van der Waals surface area contributed by atoms with Gasteiger partial charge in [-0.1, -0.05) is 48.5 Å². The molecule has 2 heteroatoms. The minimum atomic E-state index is 0.713. The SMILES string of the molecule is c1ccc([C@@H]2C[C@H]2NCC2CCN(c3ccccc3)CC2)cc1. The fourth-order valence-corrected chi connectivity index (χ4v) is 3.84. The van der Waals surface area contributed by atoms with Crippen LogP contribution in [0.2, 0.25) is 0 Å². The van der Waals surface area contributed by atoms with Gasteiger partial charge in [0.1, 0.15) is 0 Å². The first-order valence-corrected chi connectivity index (χ1v) is 8.98. The lowest BCUT2D eigenvalue weighted by Gasteiger charge is -2.33. The zero-order chi connectivity index (χ0) is 15.5. The summed E-state index contributed by atoms with van der Waals surface area (Å²) >= 11 is 0. The van der Waals surface area contributed by atoms with Crippen LogP contribution in [-0.2, 0) is 0 Å². The molecule has 1 aliphatic heterocycles. The third-order valence-electron chi connectivity index (χ3n) is 5.42. The van der Waals surface area contributed by atoms with Crippen LogP contribution < -0.4 is 10.2 Å². The molecule has 2 atom stereocenters. The van der Waals surface area contributed by atoms with Crippen LogP contribution in [-0.4, -0.2) is 25.7 Å². The molecular weight excluding hydrogens is 280 g/mol. The summed E-state index contributed by atoms with van der Waals surface area (Å²) in [6.45, 7) is 3.59. The standard InChI is InChI=1S/C21H26N2/c1-3-7-18(8-4-1)20-15-21(20)22-16-17-11-13-23(14-12-17)19-9-5-2-6-10-19/h1-10,17,20-22H,11-16H2/t20-,21+/m0/s1.